The summed E-state index contributed by atoms with van der Waals surface area (Å²) in [4.78, 5) is 21.2. The van der Waals surface area contributed by atoms with E-state index in [1.165, 1.54) is 22.9 Å². The van der Waals surface area contributed by atoms with Crippen molar-refractivity contribution in [3.63, 3.8) is 0 Å². The minimum Gasteiger partial charge on any atom is -0.383 e. The average Bonchev–Trinajstić information content (AvgIpc) is 3.30. The zero-order valence-electron chi connectivity index (χ0n) is 22.1. The van der Waals surface area contributed by atoms with Gasteiger partial charge in [0.1, 0.15) is 11.5 Å². The number of aryl methyl sites for hydroxylation is 1. The molecule has 1 fully saturated rings. The van der Waals surface area contributed by atoms with E-state index in [9.17, 15) is 18.0 Å². The molecule has 0 aliphatic carbocycles. The predicted octanol–water partition coefficient (Wildman–Crippen LogP) is 3.97. The molecular formula is C29H28F3N7O. The second kappa shape index (κ2) is 11.0. The number of nitrogen functional groups attached to an aromatic ring is 1. The summed E-state index contributed by atoms with van der Waals surface area (Å²) >= 11 is 0. The Kier molecular flexibility index (Phi) is 7.47. The summed E-state index contributed by atoms with van der Waals surface area (Å²) in [5, 5.41) is 8.38. The molecule has 1 aliphatic heterocycles. The second-order valence-corrected chi connectivity index (χ2v) is 9.79. The summed E-state index contributed by atoms with van der Waals surface area (Å²) in [7, 11) is 3.63. The Labute approximate surface area is 229 Å². The molecule has 0 saturated carbocycles. The van der Waals surface area contributed by atoms with Crippen molar-refractivity contribution >= 4 is 28.2 Å². The molecular weight excluding hydrogens is 519 g/mol. The number of nitrogens with one attached hydrogen (secondary N) is 1. The van der Waals surface area contributed by atoms with Gasteiger partial charge in [0.15, 0.2) is 5.69 Å². The van der Waals surface area contributed by atoms with Crippen LogP contribution < -0.4 is 11.1 Å². The van der Waals surface area contributed by atoms with Crippen molar-refractivity contribution in [3.05, 3.63) is 82.8 Å². The third-order valence-electron chi connectivity index (χ3n) is 6.93. The van der Waals surface area contributed by atoms with E-state index in [0.717, 1.165) is 29.9 Å². The van der Waals surface area contributed by atoms with Gasteiger partial charge in [-0.1, -0.05) is 36.3 Å². The van der Waals surface area contributed by atoms with Crippen LogP contribution in [-0.2, 0) is 19.8 Å². The van der Waals surface area contributed by atoms with Crippen LogP contribution in [0.4, 0.5) is 24.7 Å². The molecule has 11 heteroatoms. The minimum atomic E-state index is -4.56. The standard InChI is InChI=1S/C29H28F3N7O/c1-37-11-13-39(14-12-37)18-20-7-9-21(15-25(20)29(30,31)32)35-28(40)26-16-22(38(2)36-26)10-8-19-17-34-27(33)24-6-4-3-5-23(19)24/h3-7,9,15-17H,11-14,18H2,1-2H3,(H2,33,34)(H,35,40). The van der Waals surface area contributed by atoms with Gasteiger partial charge in [-0.05, 0) is 30.7 Å². The van der Waals surface area contributed by atoms with Crippen LogP contribution in [0.1, 0.15) is 32.9 Å². The Hall–Kier alpha value is -4.40. The van der Waals surface area contributed by atoms with Gasteiger partial charge in [0.2, 0.25) is 0 Å². The fourth-order valence-corrected chi connectivity index (χ4v) is 4.64. The Morgan fingerprint density at radius 2 is 1.75 bits per heavy atom. The van der Waals surface area contributed by atoms with Gasteiger partial charge in [-0.25, -0.2) is 4.98 Å². The molecule has 206 valence electrons. The highest BCUT2D eigenvalue weighted by Crippen LogP contribution is 2.34. The number of benzene rings is 2. The zero-order valence-corrected chi connectivity index (χ0v) is 22.1. The maximum Gasteiger partial charge on any atom is 0.416 e. The number of pyridine rings is 1. The van der Waals surface area contributed by atoms with Crippen LogP contribution >= 0.6 is 0 Å². The van der Waals surface area contributed by atoms with Crippen LogP contribution in [0.15, 0.2) is 54.7 Å². The van der Waals surface area contributed by atoms with E-state index in [-0.39, 0.29) is 23.5 Å². The molecule has 2 aromatic carbocycles. The Morgan fingerprint density at radius 3 is 2.48 bits per heavy atom. The van der Waals surface area contributed by atoms with E-state index in [0.29, 0.717) is 30.2 Å². The molecule has 1 saturated heterocycles. The molecule has 0 spiro atoms. The minimum absolute atomic E-state index is 0.0298. The van der Waals surface area contributed by atoms with Gasteiger partial charge < -0.3 is 16.0 Å². The smallest absolute Gasteiger partial charge is 0.383 e. The Morgan fingerprint density at radius 1 is 1.02 bits per heavy atom. The van der Waals surface area contributed by atoms with E-state index in [1.807, 2.05) is 36.2 Å². The largest absolute Gasteiger partial charge is 0.416 e. The first kappa shape index (κ1) is 27.2. The first-order chi connectivity index (χ1) is 19.1. The molecule has 3 heterocycles. The molecule has 0 unspecified atom stereocenters. The summed E-state index contributed by atoms with van der Waals surface area (Å²) in [5.74, 6) is 5.81. The third-order valence-corrected chi connectivity index (χ3v) is 6.93. The van der Waals surface area contributed by atoms with Crippen molar-refractivity contribution in [1.29, 1.82) is 0 Å². The molecule has 40 heavy (non-hydrogen) atoms. The van der Waals surface area contributed by atoms with Gasteiger partial charge in [0, 0.05) is 68.5 Å². The topological polar surface area (TPSA) is 92.3 Å². The molecule has 5 rings (SSSR count). The van der Waals surface area contributed by atoms with Gasteiger partial charge in [-0.2, -0.15) is 18.3 Å². The lowest BCUT2D eigenvalue weighted by Crippen LogP contribution is -2.44. The molecule has 0 radical (unpaired) electrons. The normalized spacial score (nSPS) is 14.6. The molecule has 8 nitrogen and oxygen atoms in total. The number of halogens is 3. The lowest BCUT2D eigenvalue weighted by molar-refractivity contribution is -0.138. The summed E-state index contributed by atoms with van der Waals surface area (Å²) in [5.41, 5.74) is 6.55. The Bertz CT molecular complexity index is 1630. The molecule has 1 aliphatic rings. The summed E-state index contributed by atoms with van der Waals surface area (Å²) in [6.07, 6.45) is -2.97. The van der Waals surface area contributed by atoms with Crippen LogP contribution in [0.5, 0.6) is 0 Å². The number of likely N-dealkylation sites (N-methyl/N-ethyl adjacent to an activating group) is 1. The zero-order chi connectivity index (χ0) is 28.4. The third kappa shape index (κ3) is 5.93. The monoisotopic (exact) mass is 547 g/mol. The number of aromatic nitrogens is 3. The van der Waals surface area contributed by atoms with Crippen LogP contribution in [0, 0.1) is 11.8 Å². The average molecular weight is 548 g/mol. The van der Waals surface area contributed by atoms with Gasteiger partial charge in [-0.3, -0.25) is 14.4 Å². The van der Waals surface area contributed by atoms with E-state index < -0.39 is 17.6 Å². The van der Waals surface area contributed by atoms with Crippen LogP contribution in [0.2, 0.25) is 0 Å². The summed E-state index contributed by atoms with van der Waals surface area (Å²) in [6.45, 7) is 3.20. The number of rotatable bonds is 4. The van der Waals surface area contributed by atoms with Crippen LogP contribution in [0.25, 0.3) is 10.8 Å². The highest BCUT2D eigenvalue weighted by molar-refractivity contribution is 6.03. The number of anilines is 2. The van der Waals surface area contributed by atoms with Crippen molar-refractivity contribution in [2.45, 2.75) is 12.7 Å². The SMILES string of the molecule is CN1CCN(Cc2ccc(NC(=O)c3cc(C#Cc4cnc(N)c5ccccc45)n(C)n3)cc2C(F)(F)F)CC1. The molecule has 2 aromatic heterocycles. The second-order valence-electron chi connectivity index (χ2n) is 9.79. The van der Waals surface area contributed by atoms with Crippen molar-refractivity contribution < 1.29 is 18.0 Å². The van der Waals surface area contributed by atoms with Crippen molar-refractivity contribution in [1.82, 2.24) is 24.6 Å². The summed E-state index contributed by atoms with van der Waals surface area (Å²) in [6, 6.07) is 12.9. The molecule has 1 amide bonds. The number of carbonyl (C=O) groups excluding carboxylic acids is 1. The van der Waals surface area contributed by atoms with Gasteiger partial charge in [0.25, 0.3) is 5.91 Å². The molecule has 3 N–H and O–H groups in total. The quantitative estimate of drug-likeness (QED) is 0.376. The number of fused-ring (bicyclic) bond motifs is 1. The number of carbonyl (C=O) groups is 1. The fraction of sp³-hybridized carbons (Fsp3) is 0.276. The number of hydrogen-bond donors (Lipinski definition) is 2. The number of nitrogens with zero attached hydrogens (tertiary/aromatic N) is 5. The van der Waals surface area contributed by atoms with Crippen molar-refractivity contribution in [2.75, 3.05) is 44.3 Å². The van der Waals surface area contributed by atoms with Crippen molar-refractivity contribution in [2.24, 2.45) is 7.05 Å². The highest BCUT2D eigenvalue weighted by atomic mass is 19.4. The van der Waals surface area contributed by atoms with Crippen molar-refractivity contribution in [3.8, 4) is 11.8 Å². The van der Waals surface area contributed by atoms with Gasteiger partial charge in [0.05, 0.1) is 11.1 Å². The Balaban J connectivity index is 1.34. The summed E-state index contributed by atoms with van der Waals surface area (Å²) < 4.78 is 43.2. The predicted molar refractivity (Wildman–Crippen MR) is 148 cm³/mol. The molecule has 0 bridgehead atoms. The number of alkyl halides is 3. The van der Waals surface area contributed by atoms with E-state index >= 15 is 0 Å². The van der Waals surface area contributed by atoms with E-state index in [1.54, 1.807) is 13.2 Å². The number of piperazine rings is 1. The number of hydrogen-bond acceptors (Lipinski definition) is 6. The van der Waals surface area contributed by atoms with E-state index in [2.05, 4.69) is 32.1 Å². The van der Waals surface area contributed by atoms with E-state index in [4.69, 9.17) is 5.73 Å². The first-order valence-electron chi connectivity index (χ1n) is 12.7. The van der Waals surface area contributed by atoms with Gasteiger partial charge >= 0.3 is 6.18 Å². The lowest BCUT2D eigenvalue weighted by Gasteiger charge is -2.33. The fourth-order valence-electron chi connectivity index (χ4n) is 4.64. The highest BCUT2D eigenvalue weighted by Gasteiger charge is 2.34. The lowest BCUT2D eigenvalue weighted by atomic mass is 10.0. The number of nitrogens with two attached hydrogens (primary N) is 1. The number of amides is 1. The van der Waals surface area contributed by atoms with Crippen LogP contribution in [-0.4, -0.2) is 63.7 Å². The first-order valence-corrected chi connectivity index (χ1v) is 12.7. The van der Waals surface area contributed by atoms with Gasteiger partial charge in [-0.15, -0.1) is 0 Å². The maximum atomic E-state index is 13.9. The molecule has 4 aromatic rings. The maximum absolute atomic E-state index is 13.9. The van der Waals surface area contributed by atoms with Crippen LogP contribution in [0.3, 0.4) is 0 Å². The molecule has 0 atom stereocenters.